The van der Waals surface area contributed by atoms with Gasteiger partial charge in [0, 0.05) is 19.2 Å². The van der Waals surface area contributed by atoms with Crippen LogP contribution < -0.4 is 10.1 Å². The largest absolute Gasteiger partial charge is 0.490 e. The van der Waals surface area contributed by atoms with Gasteiger partial charge in [-0.25, -0.2) is 4.98 Å². The zero-order valence-electron chi connectivity index (χ0n) is 14.0. The quantitative estimate of drug-likeness (QED) is 0.798. The fraction of sp³-hybridized carbons (Fsp3) is 0.263. The van der Waals surface area contributed by atoms with Gasteiger partial charge in [0.05, 0.1) is 0 Å². The van der Waals surface area contributed by atoms with E-state index in [1.54, 1.807) is 12.3 Å². The molecule has 3 aromatic rings. The van der Waals surface area contributed by atoms with Crippen LogP contribution in [0.1, 0.15) is 34.1 Å². The second-order valence-corrected chi connectivity index (χ2v) is 6.44. The molecule has 1 aromatic carbocycles. The second-order valence-electron chi connectivity index (χ2n) is 6.44. The van der Waals surface area contributed by atoms with E-state index in [1.165, 1.54) is 4.40 Å². The summed E-state index contributed by atoms with van der Waals surface area (Å²) in [7, 11) is 0. The van der Waals surface area contributed by atoms with Crippen LogP contribution in [0.25, 0.3) is 5.65 Å². The third-order valence-corrected chi connectivity index (χ3v) is 4.34. The molecule has 1 atom stereocenters. The maximum Gasteiger partial charge on any atom is 0.274 e. The number of nitrogens with zero attached hydrogens (tertiary/aromatic N) is 2. The molecular weight excluding hydrogens is 321 g/mol. The lowest BCUT2D eigenvalue weighted by Crippen LogP contribution is -2.24. The smallest absolute Gasteiger partial charge is 0.274 e. The summed E-state index contributed by atoms with van der Waals surface area (Å²) in [6, 6.07) is 9.35. The molecule has 3 heterocycles. The third-order valence-electron chi connectivity index (χ3n) is 4.34. The fourth-order valence-corrected chi connectivity index (χ4v) is 3.12. The van der Waals surface area contributed by atoms with E-state index in [9.17, 15) is 9.18 Å². The number of fused-ring (bicyclic) bond motifs is 2. The van der Waals surface area contributed by atoms with Crippen molar-refractivity contribution in [1.82, 2.24) is 14.7 Å². The van der Waals surface area contributed by atoms with Gasteiger partial charge in [-0.3, -0.25) is 9.20 Å². The van der Waals surface area contributed by atoms with Crippen molar-refractivity contribution in [2.75, 3.05) is 0 Å². The van der Waals surface area contributed by atoms with Crippen molar-refractivity contribution in [3.63, 3.8) is 0 Å². The van der Waals surface area contributed by atoms with E-state index in [-0.39, 0.29) is 11.8 Å². The first-order chi connectivity index (χ1) is 12.0. The number of aromatic nitrogens is 2. The number of rotatable bonds is 3. The summed E-state index contributed by atoms with van der Waals surface area (Å²) in [5.41, 5.74) is 3.20. The highest BCUT2D eigenvalue weighted by Crippen LogP contribution is 2.29. The Bertz CT molecular complexity index is 980. The standard InChI is InChI=1S/C19H18FN3O2/c1-11-3-6-16-22-17(18(20)23(16)10-11)19(24)21-9-13-4-5-15-14(8-13)7-12(2)25-15/h3-6,8,10,12H,7,9H2,1-2H3,(H,21,24). The number of benzene rings is 1. The normalized spacial score (nSPS) is 15.9. The summed E-state index contributed by atoms with van der Waals surface area (Å²) < 4.78 is 21.4. The van der Waals surface area contributed by atoms with Gasteiger partial charge in [-0.1, -0.05) is 18.2 Å². The predicted octanol–water partition coefficient (Wildman–Crippen LogP) is 3.04. The Morgan fingerprint density at radius 3 is 3.08 bits per heavy atom. The first-order valence-corrected chi connectivity index (χ1v) is 8.22. The first-order valence-electron chi connectivity index (χ1n) is 8.22. The van der Waals surface area contributed by atoms with Crippen molar-refractivity contribution in [2.24, 2.45) is 0 Å². The molecular formula is C19H18FN3O2. The average molecular weight is 339 g/mol. The van der Waals surface area contributed by atoms with E-state index in [0.29, 0.717) is 12.2 Å². The van der Waals surface area contributed by atoms with Crippen LogP contribution in [0.15, 0.2) is 36.5 Å². The third kappa shape index (κ3) is 2.84. The van der Waals surface area contributed by atoms with Crippen LogP contribution in [0, 0.1) is 12.9 Å². The van der Waals surface area contributed by atoms with Gasteiger partial charge in [0.1, 0.15) is 17.5 Å². The van der Waals surface area contributed by atoms with Crippen molar-refractivity contribution in [3.8, 4) is 5.75 Å². The molecule has 1 aliphatic rings. The number of carbonyl (C=O) groups is 1. The molecule has 5 nitrogen and oxygen atoms in total. The molecule has 0 saturated heterocycles. The molecule has 4 rings (SSSR count). The lowest BCUT2D eigenvalue weighted by Gasteiger charge is -2.06. The van der Waals surface area contributed by atoms with Crippen LogP contribution in [0.2, 0.25) is 0 Å². The number of hydrogen-bond acceptors (Lipinski definition) is 3. The van der Waals surface area contributed by atoms with Crippen LogP contribution in [0.3, 0.4) is 0 Å². The summed E-state index contributed by atoms with van der Waals surface area (Å²) >= 11 is 0. The van der Waals surface area contributed by atoms with E-state index in [4.69, 9.17) is 4.74 Å². The number of hydrogen-bond donors (Lipinski definition) is 1. The number of pyridine rings is 1. The van der Waals surface area contributed by atoms with Crippen LogP contribution >= 0.6 is 0 Å². The highest BCUT2D eigenvalue weighted by atomic mass is 19.1. The predicted molar refractivity (Wildman–Crippen MR) is 91.3 cm³/mol. The summed E-state index contributed by atoms with van der Waals surface area (Å²) in [6.07, 6.45) is 2.66. The van der Waals surface area contributed by atoms with E-state index >= 15 is 0 Å². The van der Waals surface area contributed by atoms with Gasteiger partial charge >= 0.3 is 0 Å². The minimum absolute atomic E-state index is 0.176. The number of amides is 1. The van der Waals surface area contributed by atoms with Gasteiger partial charge in [0.15, 0.2) is 5.69 Å². The molecule has 2 aromatic heterocycles. The van der Waals surface area contributed by atoms with Crippen molar-refractivity contribution < 1.29 is 13.9 Å². The molecule has 0 bridgehead atoms. The van der Waals surface area contributed by atoms with Crippen LogP contribution in [-0.2, 0) is 13.0 Å². The molecule has 0 saturated carbocycles. The number of imidazole rings is 1. The van der Waals surface area contributed by atoms with E-state index < -0.39 is 11.9 Å². The van der Waals surface area contributed by atoms with Gasteiger partial charge < -0.3 is 10.1 Å². The molecule has 6 heteroatoms. The molecule has 0 aliphatic carbocycles. The Balaban J connectivity index is 1.51. The maximum absolute atomic E-state index is 14.4. The second kappa shape index (κ2) is 5.88. The zero-order chi connectivity index (χ0) is 17.6. The minimum Gasteiger partial charge on any atom is -0.490 e. The lowest BCUT2D eigenvalue weighted by atomic mass is 10.1. The SMILES string of the molecule is Cc1ccc2nc(C(=O)NCc3ccc4c(c3)CC(C)O4)c(F)n2c1. The lowest BCUT2D eigenvalue weighted by molar-refractivity contribution is 0.0942. The van der Waals surface area contributed by atoms with Gasteiger partial charge in [-0.05, 0) is 42.7 Å². The minimum atomic E-state index is -0.646. The van der Waals surface area contributed by atoms with Crippen molar-refractivity contribution in [2.45, 2.75) is 32.9 Å². The molecule has 1 aliphatic heterocycles. The van der Waals surface area contributed by atoms with Gasteiger partial charge in [-0.2, -0.15) is 4.39 Å². The zero-order valence-corrected chi connectivity index (χ0v) is 14.0. The number of carbonyl (C=O) groups excluding carboxylic acids is 1. The van der Waals surface area contributed by atoms with Crippen molar-refractivity contribution in [3.05, 3.63) is 64.9 Å². The monoisotopic (exact) mass is 339 g/mol. The Labute approximate surface area is 144 Å². The van der Waals surface area contributed by atoms with E-state index in [1.807, 2.05) is 38.1 Å². The van der Waals surface area contributed by atoms with Crippen molar-refractivity contribution >= 4 is 11.6 Å². The Kier molecular flexibility index (Phi) is 3.67. The van der Waals surface area contributed by atoms with Crippen LogP contribution in [0.5, 0.6) is 5.75 Å². The number of aryl methyl sites for hydroxylation is 1. The van der Waals surface area contributed by atoms with E-state index in [0.717, 1.165) is 28.9 Å². The summed E-state index contributed by atoms with van der Waals surface area (Å²) in [4.78, 5) is 16.4. The molecule has 0 spiro atoms. The van der Waals surface area contributed by atoms with Gasteiger partial charge in [0.2, 0.25) is 5.95 Å². The highest BCUT2D eigenvalue weighted by molar-refractivity contribution is 5.93. The number of ether oxygens (including phenoxy) is 1. The van der Waals surface area contributed by atoms with Crippen LogP contribution in [0.4, 0.5) is 4.39 Å². The summed E-state index contributed by atoms with van der Waals surface area (Å²) in [5.74, 6) is -0.277. The molecule has 0 radical (unpaired) electrons. The molecule has 1 unspecified atom stereocenters. The fourth-order valence-electron chi connectivity index (χ4n) is 3.12. The Hall–Kier alpha value is -2.89. The van der Waals surface area contributed by atoms with Crippen molar-refractivity contribution in [1.29, 1.82) is 0 Å². The molecule has 1 amide bonds. The number of halogens is 1. The molecule has 1 N–H and O–H groups in total. The van der Waals surface area contributed by atoms with E-state index in [2.05, 4.69) is 10.3 Å². The van der Waals surface area contributed by atoms with Gasteiger partial charge in [0.25, 0.3) is 5.91 Å². The first kappa shape index (κ1) is 15.6. The molecule has 0 fully saturated rings. The topological polar surface area (TPSA) is 55.6 Å². The average Bonchev–Trinajstić information content (AvgIpc) is 3.11. The molecule has 128 valence electrons. The van der Waals surface area contributed by atoms with Crippen LogP contribution in [-0.4, -0.2) is 21.4 Å². The van der Waals surface area contributed by atoms with Gasteiger partial charge in [-0.15, -0.1) is 0 Å². The maximum atomic E-state index is 14.4. The number of nitrogens with one attached hydrogen (secondary N) is 1. The Morgan fingerprint density at radius 1 is 1.40 bits per heavy atom. The highest BCUT2D eigenvalue weighted by Gasteiger charge is 2.21. The Morgan fingerprint density at radius 2 is 2.24 bits per heavy atom. The summed E-state index contributed by atoms with van der Waals surface area (Å²) in [6.45, 7) is 4.19. The molecule has 25 heavy (non-hydrogen) atoms. The summed E-state index contributed by atoms with van der Waals surface area (Å²) in [5, 5.41) is 2.74.